The van der Waals surface area contributed by atoms with Crippen molar-refractivity contribution in [2.75, 3.05) is 6.61 Å². The van der Waals surface area contributed by atoms with E-state index in [4.69, 9.17) is 16.7 Å². The molecule has 0 bridgehead atoms. The van der Waals surface area contributed by atoms with Crippen molar-refractivity contribution in [2.24, 2.45) is 0 Å². The second-order valence-electron chi connectivity index (χ2n) is 4.04. The maximum atomic E-state index is 13.2. The quantitative estimate of drug-likeness (QED) is 0.853. The Balaban J connectivity index is 2.14. The Morgan fingerprint density at radius 2 is 2.19 bits per heavy atom. The molecule has 0 aliphatic carbocycles. The van der Waals surface area contributed by atoms with E-state index < -0.39 is 5.82 Å². The molecule has 2 rings (SSSR count). The molecule has 1 aromatic carbocycles. The smallest absolute Gasteiger partial charge is 0.252 e. The second kappa shape index (κ2) is 7.23. The molecule has 1 amide bonds. The first-order chi connectivity index (χ1) is 10.1. The minimum atomic E-state index is -0.487. The Bertz CT molecular complexity index is 718. The van der Waals surface area contributed by atoms with E-state index in [2.05, 4.69) is 17.2 Å². The summed E-state index contributed by atoms with van der Waals surface area (Å²) in [7, 11) is 0. The van der Waals surface area contributed by atoms with Gasteiger partial charge in [-0.25, -0.2) is 4.39 Å². The van der Waals surface area contributed by atoms with Gasteiger partial charge >= 0.3 is 0 Å². The van der Waals surface area contributed by atoms with Crippen LogP contribution >= 0.6 is 22.9 Å². The van der Waals surface area contributed by atoms with E-state index in [0.29, 0.717) is 10.9 Å². The van der Waals surface area contributed by atoms with E-state index in [1.165, 1.54) is 29.5 Å². The predicted octanol–water partition coefficient (Wildman–Crippen LogP) is 2.81. The average molecular weight is 324 g/mol. The molecule has 6 heteroatoms. The molecule has 0 aliphatic heterocycles. The Hall–Kier alpha value is -1.87. The van der Waals surface area contributed by atoms with E-state index >= 15 is 0 Å². The summed E-state index contributed by atoms with van der Waals surface area (Å²) in [4.78, 5) is 13.0. The van der Waals surface area contributed by atoms with Crippen molar-refractivity contribution in [1.82, 2.24) is 5.32 Å². The van der Waals surface area contributed by atoms with Crippen LogP contribution in [0.4, 0.5) is 4.39 Å². The van der Waals surface area contributed by atoms with E-state index in [1.54, 1.807) is 6.07 Å². The number of aliphatic hydroxyl groups is 1. The molecule has 108 valence electrons. The van der Waals surface area contributed by atoms with Crippen LogP contribution in [-0.4, -0.2) is 17.6 Å². The van der Waals surface area contributed by atoms with Crippen molar-refractivity contribution in [3.8, 4) is 11.8 Å². The van der Waals surface area contributed by atoms with Gasteiger partial charge in [0.2, 0.25) is 0 Å². The third-order valence-electron chi connectivity index (χ3n) is 2.58. The number of carbonyl (C=O) groups is 1. The molecule has 0 radical (unpaired) electrons. The minimum Gasteiger partial charge on any atom is -0.384 e. The number of halogens is 2. The molecule has 1 aromatic heterocycles. The molecule has 1 heterocycles. The van der Waals surface area contributed by atoms with Crippen molar-refractivity contribution < 1.29 is 14.3 Å². The van der Waals surface area contributed by atoms with Crippen LogP contribution in [0, 0.1) is 17.7 Å². The lowest BCUT2D eigenvalue weighted by Crippen LogP contribution is -2.23. The summed E-state index contributed by atoms with van der Waals surface area (Å²) in [6.45, 7) is -0.0221. The van der Waals surface area contributed by atoms with E-state index in [9.17, 15) is 9.18 Å². The molecule has 3 nitrogen and oxygen atoms in total. The minimum absolute atomic E-state index is 0.241. The van der Waals surface area contributed by atoms with Gasteiger partial charge in [0, 0.05) is 10.4 Å². The van der Waals surface area contributed by atoms with Crippen LogP contribution in [0.15, 0.2) is 30.3 Å². The normalized spacial score (nSPS) is 9.86. The van der Waals surface area contributed by atoms with E-state index in [-0.39, 0.29) is 23.6 Å². The molecule has 2 N–H and O–H groups in total. The van der Waals surface area contributed by atoms with Crippen LogP contribution in [0.1, 0.15) is 20.8 Å². The molecule has 0 spiro atoms. The molecule has 0 fully saturated rings. The lowest BCUT2D eigenvalue weighted by Gasteiger charge is -2.06. The molecule has 21 heavy (non-hydrogen) atoms. The molecule has 0 aliphatic rings. The summed E-state index contributed by atoms with van der Waals surface area (Å²) in [5.74, 6) is 4.13. The lowest BCUT2D eigenvalue weighted by atomic mass is 10.1. The average Bonchev–Trinajstić information content (AvgIpc) is 2.88. The Morgan fingerprint density at radius 1 is 1.38 bits per heavy atom. The van der Waals surface area contributed by atoms with Gasteiger partial charge in [0.1, 0.15) is 12.4 Å². The predicted molar refractivity (Wildman–Crippen MR) is 80.9 cm³/mol. The van der Waals surface area contributed by atoms with E-state index in [1.807, 2.05) is 6.07 Å². The number of thiophene rings is 1. The zero-order chi connectivity index (χ0) is 15.2. The summed E-state index contributed by atoms with van der Waals surface area (Å²) in [5.41, 5.74) is 0.505. The Kier molecular flexibility index (Phi) is 5.34. The zero-order valence-corrected chi connectivity index (χ0v) is 12.4. The third-order valence-corrected chi connectivity index (χ3v) is 3.81. The van der Waals surface area contributed by atoms with Crippen LogP contribution in [0.2, 0.25) is 4.34 Å². The van der Waals surface area contributed by atoms with Gasteiger partial charge in [-0.1, -0.05) is 23.4 Å². The van der Waals surface area contributed by atoms with Gasteiger partial charge in [-0.3, -0.25) is 4.79 Å². The number of aliphatic hydroxyl groups excluding tert-OH is 1. The molecule has 0 atom stereocenters. The molecular weight excluding hydrogens is 313 g/mol. The third kappa shape index (κ3) is 4.30. The maximum Gasteiger partial charge on any atom is 0.252 e. The molecule has 0 unspecified atom stereocenters. The van der Waals surface area contributed by atoms with Gasteiger partial charge in [0.05, 0.1) is 16.4 Å². The Labute approximate surface area is 130 Å². The highest BCUT2D eigenvalue weighted by atomic mass is 35.5. The van der Waals surface area contributed by atoms with Gasteiger partial charge in [-0.2, -0.15) is 0 Å². The highest BCUT2D eigenvalue weighted by Crippen LogP contribution is 2.21. The van der Waals surface area contributed by atoms with Crippen LogP contribution in [0.5, 0.6) is 0 Å². The van der Waals surface area contributed by atoms with Gasteiger partial charge in [0.25, 0.3) is 5.91 Å². The fourth-order valence-electron chi connectivity index (χ4n) is 1.66. The topological polar surface area (TPSA) is 49.3 Å². The monoisotopic (exact) mass is 323 g/mol. The van der Waals surface area contributed by atoms with Crippen molar-refractivity contribution in [3.63, 3.8) is 0 Å². The molecular formula is C15H11ClFNO2S. The van der Waals surface area contributed by atoms with Crippen LogP contribution in [0.3, 0.4) is 0 Å². The van der Waals surface area contributed by atoms with Gasteiger partial charge < -0.3 is 10.4 Å². The van der Waals surface area contributed by atoms with Crippen LogP contribution in [-0.2, 0) is 6.54 Å². The highest BCUT2D eigenvalue weighted by Gasteiger charge is 2.11. The lowest BCUT2D eigenvalue weighted by molar-refractivity contribution is 0.0951. The largest absolute Gasteiger partial charge is 0.384 e. The summed E-state index contributed by atoms with van der Waals surface area (Å²) >= 11 is 7.19. The molecule has 2 aromatic rings. The first-order valence-electron chi connectivity index (χ1n) is 6.02. The van der Waals surface area contributed by atoms with Crippen LogP contribution in [0.25, 0.3) is 0 Å². The van der Waals surface area contributed by atoms with Crippen LogP contribution < -0.4 is 5.32 Å². The summed E-state index contributed by atoms with van der Waals surface area (Å²) in [5, 5.41) is 11.4. The number of rotatable bonds is 3. The van der Waals surface area contributed by atoms with Gasteiger partial charge in [0.15, 0.2) is 0 Å². The number of benzene rings is 1. The number of carbonyl (C=O) groups excluding carboxylic acids is 1. The fourth-order valence-corrected chi connectivity index (χ4v) is 2.69. The fraction of sp³-hybridized carbons (Fsp3) is 0.133. The van der Waals surface area contributed by atoms with Crippen molar-refractivity contribution >= 4 is 28.8 Å². The van der Waals surface area contributed by atoms with Gasteiger partial charge in [-0.15, -0.1) is 11.3 Å². The molecule has 0 saturated carbocycles. The van der Waals surface area contributed by atoms with Gasteiger partial charge in [-0.05, 0) is 30.3 Å². The zero-order valence-electron chi connectivity index (χ0n) is 10.8. The van der Waals surface area contributed by atoms with E-state index in [0.717, 1.165) is 4.88 Å². The number of hydrogen-bond acceptors (Lipinski definition) is 3. The summed E-state index contributed by atoms with van der Waals surface area (Å²) in [6.07, 6.45) is 0. The second-order valence-corrected chi connectivity index (χ2v) is 5.84. The summed E-state index contributed by atoms with van der Waals surface area (Å²) in [6, 6.07) is 7.31. The molecule has 0 saturated heterocycles. The first kappa shape index (κ1) is 15.5. The maximum absolute atomic E-state index is 13.2. The Morgan fingerprint density at radius 3 is 2.86 bits per heavy atom. The number of nitrogens with one attached hydrogen (secondary N) is 1. The van der Waals surface area contributed by atoms with Crippen molar-refractivity contribution in [2.45, 2.75) is 6.54 Å². The number of amides is 1. The SMILES string of the molecule is O=C(NCc1ccc(Cl)s1)c1ccc(F)cc1C#CCO. The summed E-state index contributed by atoms with van der Waals surface area (Å²) < 4.78 is 13.9. The van der Waals surface area contributed by atoms with Crippen molar-refractivity contribution in [1.29, 1.82) is 0 Å². The highest BCUT2D eigenvalue weighted by molar-refractivity contribution is 7.16. The standard InChI is InChI=1S/C15H11ClFNO2S/c16-14-6-4-12(21-14)9-18-15(20)13-5-3-11(17)8-10(13)2-1-7-19/h3-6,8,19H,7,9H2,(H,18,20). The first-order valence-corrected chi connectivity index (χ1v) is 7.21. The van der Waals surface area contributed by atoms with Crippen molar-refractivity contribution in [3.05, 3.63) is 56.5 Å². The number of hydrogen-bond donors (Lipinski definition) is 2.